The molecule has 0 radical (unpaired) electrons. The average Bonchev–Trinajstić information content (AvgIpc) is 3.13. The summed E-state index contributed by atoms with van der Waals surface area (Å²) in [4.78, 5) is 2.17. The molecule has 6 nitrogen and oxygen atoms in total. The molecule has 2 aromatic rings. The van der Waals surface area contributed by atoms with Crippen LogP contribution in [0.15, 0.2) is 18.2 Å². The van der Waals surface area contributed by atoms with Crippen molar-refractivity contribution >= 4 is 5.82 Å². The van der Waals surface area contributed by atoms with Gasteiger partial charge in [-0.2, -0.15) is 5.26 Å². The van der Waals surface area contributed by atoms with E-state index in [1.807, 2.05) is 19.1 Å². The number of hydrogen-bond acceptors (Lipinski definition) is 6. The van der Waals surface area contributed by atoms with Crippen LogP contribution in [0.4, 0.5) is 5.82 Å². The molecule has 1 aromatic carbocycles. The van der Waals surface area contributed by atoms with Crippen LogP contribution in [0.25, 0.3) is 11.3 Å². The van der Waals surface area contributed by atoms with Gasteiger partial charge in [0.2, 0.25) is 0 Å². The Labute approximate surface area is 159 Å². The minimum atomic E-state index is 0.278. The highest BCUT2D eigenvalue weighted by atomic mass is 16.3. The summed E-state index contributed by atoms with van der Waals surface area (Å²) in [6.07, 6.45) is 5.22. The lowest BCUT2D eigenvalue weighted by Crippen LogP contribution is -2.42. The van der Waals surface area contributed by atoms with E-state index in [9.17, 15) is 5.11 Å². The van der Waals surface area contributed by atoms with E-state index in [-0.39, 0.29) is 6.04 Å². The Morgan fingerprint density at radius 1 is 1.30 bits per heavy atom. The zero-order valence-electron chi connectivity index (χ0n) is 15.7. The van der Waals surface area contributed by atoms with Crippen molar-refractivity contribution in [3.8, 4) is 23.1 Å². The van der Waals surface area contributed by atoms with Crippen molar-refractivity contribution in [1.29, 1.82) is 5.26 Å². The smallest absolute Gasteiger partial charge is 0.149 e. The van der Waals surface area contributed by atoms with Crippen LogP contribution in [0, 0.1) is 18.3 Å². The topological polar surface area (TPSA) is 85.1 Å². The molecule has 0 spiro atoms. The molecule has 140 valence electrons. The second-order valence-corrected chi connectivity index (χ2v) is 7.59. The van der Waals surface area contributed by atoms with Crippen molar-refractivity contribution in [2.75, 3.05) is 25.0 Å². The van der Waals surface area contributed by atoms with Crippen LogP contribution in [-0.2, 0) is 12.8 Å². The van der Waals surface area contributed by atoms with E-state index in [4.69, 9.17) is 5.26 Å². The van der Waals surface area contributed by atoms with Gasteiger partial charge in [0.05, 0.1) is 18.3 Å². The number of fused-ring (bicyclic) bond motifs is 1. The maximum atomic E-state index is 10.7. The number of rotatable bonds is 4. The minimum Gasteiger partial charge on any atom is -0.507 e. The molecule has 1 atom stereocenters. The molecule has 1 fully saturated rings. The molecule has 2 aliphatic rings. The Morgan fingerprint density at radius 2 is 2.19 bits per heavy atom. The first kappa shape index (κ1) is 17.7. The molecule has 0 bridgehead atoms. The molecule has 6 heteroatoms. The standard InChI is InChI=1S/C21H25N5O/c1-14-12-19(23-16-5-3-10-26(13-16)11-9-22)24-25-20(14)18-8-7-15-4-2-6-17(15)21(18)27/h7-8,12,16,27H,2-6,10-11,13H2,1H3,(H,23,24)/t16-/m1/s1. The largest absolute Gasteiger partial charge is 0.507 e. The third-order valence-corrected chi connectivity index (χ3v) is 5.64. The fourth-order valence-electron chi connectivity index (χ4n) is 4.29. The predicted octanol–water partition coefficient (Wildman–Crippen LogP) is 3.05. The van der Waals surface area contributed by atoms with Crippen LogP contribution < -0.4 is 5.32 Å². The maximum Gasteiger partial charge on any atom is 0.149 e. The zero-order chi connectivity index (χ0) is 18.8. The molecule has 2 heterocycles. The van der Waals surface area contributed by atoms with Gasteiger partial charge < -0.3 is 10.4 Å². The number of aromatic nitrogens is 2. The summed E-state index contributed by atoms with van der Waals surface area (Å²) in [5.74, 6) is 1.11. The van der Waals surface area contributed by atoms with Crippen LogP contribution >= 0.6 is 0 Å². The molecule has 27 heavy (non-hydrogen) atoms. The summed E-state index contributed by atoms with van der Waals surface area (Å²) >= 11 is 0. The molecule has 0 amide bonds. The van der Waals surface area contributed by atoms with Gasteiger partial charge in [0, 0.05) is 18.2 Å². The van der Waals surface area contributed by atoms with Crippen LogP contribution in [0.2, 0.25) is 0 Å². The minimum absolute atomic E-state index is 0.278. The number of nitrogens with zero attached hydrogens (tertiary/aromatic N) is 4. The molecule has 1 aromatic heterocycles. The van der Waals surface area contributed by atoms with E-state index in [1.165, 1.54) is 5.56 Å². The van der Waals surface area contributed by atoms with Gasteiger partial charge in [0.1, 0.15) is 11.6 Å². The number of aromatic hydroxyl groups is 1. The maximum absolute atomic E-state index is 10.7. The number of anilines is 1. The first-order valence-electron chi connectivity index (χ1n) is 9.70. The van der Waals surface area contributed by atoms with Gasteiger partial charge in [-0.15, -0.1) is 10.2 Å². The van der Waals surface area contributed by atoms with Gasteiger partial charge in [0.25, 0.3) is 0 Å². The first-order valence-corrected chi connectivity index (χ1v) is 9.70. The van der Waals surface area contributed by atoms with Crippen LogP contribution in [0.5, 0.6) is 5.75 Å². The summed E-state index contributed by atoms with van der Waals surface area (Å²) in [6.45, 7) is 4.30. The predicted molar refractivity (Wildman–Crippen MR) is 105 cm³/mol. The highest BCUT2D eigenvalue weighted by molar-refractivity contribution is 5.73. The molecule has 4 rings (SSSR count). The van der Waals surface area contributed by atoms with Crippen molar-refractivity contribution in [2.24, 2.45) is 0 Å². The Hall–Kier alpha value is -2.65. The molecule has 1 saturated heterocycles. The second kappa shape index (κ2) is 7.53. The normalized spacial score (nSPS) is 19.5. The highest BCUT2D eigenvalue weighted by Gasteiger charge is 2.22. The molecular formula is C21H25N5O. The highest BCUT2D eigenvalue weighted by Crippen LogP contribution is 2.38. The fourth-order valence-corrected chi connectivity index (χ4v) is 4.29. The average molecular weight is 363 g/mol. The van der Waals surface area contributed by atoms with Crippen LogP contribution in [0.1, 0.15) is 36.0 Å². The molecule has 1 aliphatic heterocycles. The number of hydrogen-bond donors (Lipinski definition) is 2. The number of piperidine rings is 1. The third kappa shape index (κ3) is 3.60. The third-order valence-electron chi connectivity index (χ3n) is 5.64. The molecule has 2 N–H and O–H groups in total. The lowest BCUT2D eigenvalue weighted by atomic mass is 10.00. The number of benzene rings is 1. The zero-order valence-corrected chi connectivity index (χ0v) is 15.7. The van der Waals surface area contributed by atoms with Gasteiger partial charge in [-0.3, -0.25) is 4.90 Å². The lowest BCUT2D eigenvalue weighted by molar-refractivity contribution is 0.239. The van der Waals surface area contributed by atoms with E-state index < -0.39 is 0 Å². The van der Waals surface area contributed by atoms with E-state index >= 15 is 0 Å². The quantitative estimate of drug-likeness (QED) is 0.812. The van der Waals surface area contributed by atoms with E-state index in [2.05, 4.69) is 32.5 Å². The van der Waals surface area contributed by atoms with Crippen molar-refractivity contribution in [2.45, 2.75) is 45.1 Å². The lowest BCUT2D eigenvalue weighted by Gasteiger charge is -2.31. The van der Waals surface area contributed by atoms with Crippen LogP contribution in [-0.4, -0.2) is 45.9 Å². The van der Waals surface area contributed by atoms with Gasteiger partial charge in [-0.05, 0) is 74.4 Å². The number of likely N-dealkylation sites (tertiary alicyclic amines) is 1. The SMILES string of the molecule is Cc1cc(N[C@@H]2CCCN(CC#N)C2)nnc1-c1ccc2c(c1O)CCC2. The van der Waals surface area contributed by atoms with Crippen molar-refractivity contribution < 1.29 is 5.11 Å². The number of phenolic OH excluding ortho intramolecular Hbond substituents is 1. The number of nitriles is 1. The van der Waals surface area contributed by atoms with Crippen LogP contribution in [0.3, 0.4) is 0 Å². The van der Waals surface area contributed by atoms with E-state index in [0.29, 0.717) is 12.3 Å². The molecule has 0 saturated carbocycles. The van der Waals surface area contributed by atoms with Gasteiger partial charge >= 0.3 is 0 Å². The molecule has 0 unspecified atom stereocenters. The van der Waals surface area contributed by atoms with Gasteiger partial charge in [-0.25, -0.2) is 0 Å². The van der Waals surface area contributed by atoms with Crippen molar-refractivity contribution in [3.63, 3.8) is 0 Å². The Morgan fingerprint density at radius 3 is 3.00 bits per heavy atom. The van der Waals surface area contributed by atoms with Gasteiger partial charge in [0.15, 0.2) is 0 Å². The summed E-state index contributed by atoms with van der Waals surface area (Å²) in [6, 6.07) is 8.57. The second-order valence-electron chi connectivity index (χ2n) is 7.59. The van der Waals surface area contributed by atoms with Crippen molar-refractivity contribution in [3.05, 3.63) is 34.9 Å². The number of nitrogens with one attached hydrogen (secondary N) is 1. The first-order chi connectivity index (χ1) is 13.2. The monoisotopic (exact) mass is 363 g/mol. The number of aryl methyl sites for hydroxylation is 2. The summed E-state index contributed by atoms with van der Waals surface area (Å²) < 4.78 is 0. The Balaban J connectivity index is 1.53. The number of phenols is 1. The fraction of sp³-hybridized carbons (Fsp3) is 0.476. The summed E-state index contributed by atoms with van der Waals surface area (Å²) in [7, 11) is 0. The summed E-state index contributed by atoms with van der Waals surface area (Å²) in [5.41, 5.74) is 4.81. The van der Waals surface area contributed by atoms with E-state index in [0.717, 1.165) is 73.4 Å². The van der Waals surface area contributed by atoms with Crippen molar-refractivity contribution in [1.82, 2.24) is 15.1 Å². The summed E-state index contributed by atoms with van der Waals surface area (Å²) in [5, 5.41) is 31.8. The van der Waals surface area contributed by atoms with E-state index in [1.54, 1.807) is 0 Å². The van der Waals surface area contributed by atoms with Gasteiger partial charge in [-0.1, -0.05) is 6.07 Å². The Bertz CT molecular complexity index is 889. The Kier molecular flexibility index (Phi) is 4.95. The molecule has 1 aliphatic carbocycles. The molecular weight excluding hydrogens is 338 g/mol.